The van der Waals surface area contributed by atoms with Gasteiger partial charge in [-0.15, -0.1) is 0 Å². The van der Waals surface area contributed by atoms with Gasteiger partial charge in [0, 0.05) is 31.7 Å². The number of hydrogen-bond acceptors (Lipinski definition) is 3. The SMILES string of the molecule is O=C(NCC1CC1)[C@@H]1C[C@H]2CN(Cc3ccccc3F)C[C@@H]1O2. The Hall–Kier alpha value is -1.46. The Morgan fingerprint density at radius 1 is 1.30 bits per heavy atom. The van der Waals surface area contributed by atoms with E-state index >= 15 is 0 Å². The van der Waals surface area contributed by atoms with Crippen molar-refractivity contribution in [3.05, 3.63) is 35.6 Å². The molecular formula is C18H23FN2O2. The average Bonchev–Trinajstić information content (AvgIpc) is 3.32. The summed E-state index contributed by atoms with van der Waals surface area (Å²) in [4.78, 5) is 14.6. The molecular weight excluding hydrogens is 295 g/mol. The van der Waals surface area contributed by atoms with E-state index in [4.69, 9.17) is 4.74 Å². The number of nitrogens with zero attached hydrogens (tertiary/aromatic N) is 1. The van der Waals surface area contributed by atoms with E-state index in [1.165, 1.54) is 18.9 Å². The molecule has 5 heteroatoms. The van der Waals surface area contributed by atoms with Crippen molar-refractivity contribution in [3.8, 4) is 0 Å². The number of likely N-dealkylation sites (tertiary alicyclic amines) is 1. The molecule has 23 heavy (non-hydrogen) atoms. The molecule has 0 unspecified atom stereocenters. The van der Waals surface area contributed by atoms with Crippen LogP contribution in [0.3, 0.4) is 0 Å². The lowest BCUT2D eigenvalue weighted by molar-refractivity contribution is -0.128. The molecule has 1 aromatic rings. The van der Waals surface area contributed by atoms with Crippen LogP contribution in [0.15, 0.2) is 24.3 Å². The second-order valence-electron chi connectivity index (χ2n) is 7.11. The maximum absolute atomic E-state index is 13.8. The molecule has 1 saturated carbocycles. The third-order valence-corrected chi connectivity index (χ3v) is 5.18. The number of rotatable bonds is 5. The maximum Gasteiger partial charge on any atom is 0.225 e. The zero-order chi connectivity index (χ0) is 15.8. The molecule has 4 rings (SSSR count). The van der Waals surface area contributed by atoms with Crippen molar-refractivity contribution in [3.63, 3.8) is 0 Å². The second kappa shape index (κ2) is 6.21. The van der Waals surface area contributed by atoms with Crippen molar-refractivity contribution in [2.75, 3.05) is 19.6 Å². The lowest BCUT2D eigenvalue weighted by Gasteiger charge is -2.32. The minimum Gasteiger partial charge on any atom is -0.371 e. The highest BCUT2D eigenvalue weighted by Gasteiger charge is 2.44. The molecule has 1 N–H and O–H groups in total. The number of carbonyl (C=O) groups is 1. The van der Waals surface area contributed by atoms with Gasteiger partial charge in [0.2, 0.25) is 5.91 Å². The molecule has 4 nitrogen and oxygen atoms in total. The monoisotopic (exact) mass is 318 g/mol. The molecule has 124 valence electrons. The second-order valence-corrected chi connectivity index (χ2v) is 7.11. The van der Waals surface area contributed by atoms with Crippen molar-refractivity contribution in [2.24, 2.45) is 11.8 Å². The number of morpholine rings is 1. The third-order valence-electron chi connectivity index (χ3n) is 5.18. The normalized spacial score (nSPS) is 30.4. The predicted molar refractivity (Wildman–Crippen MR) is 84.2 cm³/mol. The number of benzene rings is 1. The summed E-state index contributed by atoms with van der Waals surface area (Å²) >= 11 is 0. The van der Waals surface area contributed by atoms with Crippen LogP contribution in [-0.2, 0) is 16.1 Å². The van der Waals surface area contributed by atoms with Gasteiger partial charge >= 0.3 is 0 Å². The molecule has 2 heterocycles. The van der Waals surface area contributed by atoms with Gasteiger partial charge in [-0.05, 0) is 31.2 Å². The van der Waals surface area contributed by atoms with E-state index in [0.29, 0.717) is 24.6 Å². The van der Waals surface area contributed by atoms with Crippen LogP contribution < -0.4 is 5.32 Å². The van der Waals surface area contributed by atoms with Crippen molar-refractivity contribution in [1.29, 1.82) is 0 Å². The van der Waals surface area contributed by atoms with Gasteiger partial charge in [-0.1, -0.05) is 18.2 Å². The van der Waals surface area contributed by atoms with Crippen LogP contribution in [-0.4, -0.2) is 42.6 Å². The van der Waals surface area contributed by atoms with Crippen LogP contribution in [0.25, 0.3) is 0 Å². The lowest BCUT2D eigenvalue weighted by Crippen LogP contribution is -2.45. The van der Waals surface area contributed by atoms with Gasteiger partial charge in [0.05, 0.1) is 18.1 Å². The quantitative estimate of drug-likeness (QED) is 0.902. The highest BCUT2D eigenvalue weighted by molar-refractivity contribution is 5.79. The van der Waals surface area contributed by atoms with Gasteiger partial charge in [0.25, 0.3) is 0 Å². The van der Waals surface area contributed by atoms with Gasteiger partial charge in [-0.3, -0.25) is 9.69 Å². The molecule has 2 saturated heterocycles. The molecule has 3 fully saturated rings. The Labute approximate surface area is 136 Å². The lowest BCUT2D eigenvalue weighted by atomic mass is 9.99. The third kappa shape index (κ3) is 3.40. The summed E-state index contributed by atoms with van der Waals surface area (Å²) in [6, 6.07) is 6.90. The van der Waals surface area contributed by atoms with Gasteiger partial charge in [-0.25, -0.2) is 4.39 Å². The number of hydrogen-bond donors (Lipinski definition) is 1. The Bertz CT molecular complexity index is 590. The average molecular weight is 318 g/mol. The van der Waals surface area contributed by atoms with Crippen LogP contribution in [0.4, 0.5) is 4.39 Å². The van der Waals surface area contributed by atoms with Crippen molar-refractivity contribution >= 4 is 5.91 Å². The summed E-state index contributed by atoms with van der Waals surface area (Å²) < 4.78 is 19.8. The molecule has 0 spiro atoms. The van der Waals surface area contributed by atoms with E-state index in [-0.39, 0.29) is 29.9 Å². The smallest absolute Gasteiger partial charge is 0.225 e. The fourth-order valence-corrected chi connectivity index (χ4v) is 3.71. The zero-order valence-electron chi connectivity index (χ0n) is 13.2. The Kier molecular flexibility index (Phi) is 4.07. The van der Waals surface area contributed by atoms with Gasteiger partial charge in [-0.2, -0.15) is 0 Å². The van der Waals surface area contributed by atoms with E-state index in [0.717, 1.165) is 19.5 Å². The van der Waals surface area contributed by atoms with Crippen molar-refractivity contribution in [2.45, 2.75) is 38.0 Å². The molecule has 2 bridgehead atoms. The topological polar surface area (TPSA) is 41.6 Å². The Balaban J connectivity index is 1.36. The molecule has 0 aromatic heterocycles. The number of fused-ring (bicyclic) bond motifs is 2. The highest BCUT2D eigenvalue weighted by Crippen LogP contribution is 2.33. The minimum atomic E-state index is -0.162. The summed E-state index contributed by atoms with van der Waals surface area (Å²) in [6.45, 7) is 2.87. The fraction of sp³-hybridized carbons (Fsp3) is 0.611. The molecule has 0 radical (unpaired) electrons. The summed E-state index contributed by atoms with van der Waals surface area (Å²) in [5.41, 5.74) is 0.712. The van der Waals surface area contributed by atoms with Crippen LogP contribution >= 0.6 is 0 Å². The Morgan fingerprint density at radius 3 is 2.91 bits per heavy atom. The zero-order valence-corrected chi connectivity index (χ0v) is 13.2. The highest BCUT2D eigenvalue weighted by atomic mass is 19.1. The van der Waals surface area contributed by atoms with E-state index in [1.54, 1.807) is 6.07 Å². The molecule has 1 aromatic carbocycles. The van der Waals surface area contributed by atoms with Crippen LogP contribution in [0.5, 0.6) is 0 Å². The summed E-state index contributed by atoms with van der Waals surface area (Å²) in [7, 11) is 0. The van der Waals surface area contributed by atoms with Crippen molar-refractivity contribution in [1.82, 2.24) is 10.2 Å². The predicted octanol–water partition coefficient (Wildman–Crippen LogP) is 1.94. The first kappa shape index (κ1) is 15.1. The first-order chi connectivity index (χ1) is 11.2. The number of halogens is 1. The standard InChI is InChI=1S/C18H23FN2O2/c19-16-4-2-1-3-13(16)9-21-10-14-7-15(17(11-21)23-14)18(22)20-8-12-5-6-12/h1-4,12,14-15,17H,5-11H2,(H,20,22)/t14-,15+,17-/m0/s1. The molecule has 1 aliphatic carbocycles. The summed E-state index contributed by atoms with van der Waals surface area (Å²) in [6.07, 6.45) is 3.31. The number of ether oxygens (including phenoxy) is 1. The molecule has 1 amide bonds. The van der Waals surface area contributed by atoms with E-state index in [1.807, 2.05) is 12.1 Å². The molecule has 3 atom stereocenters. The van der Waals surface area contributed by atoms with E-state index < -0.39 is 0 Å². The van der Waals surface area contributed by atoms with Crippen LogP contribution in [0.2, 0.25) is 0 Å². The number of nitrogens with one attached hydrogen (secondary N) is 1. The van der Waals surface area contributed by atoms with E-state index in [9.17, 15) is 9.18 Å². The van der Waals surface area contributed by atoms with Gasteiger partial charge in [0.1, 0.15) is 5.82 Å². The van der Waals surface area contributed by atoms with Gasteiger partial charge < -0.3 is 10.1 Å². The first-order valence-electron chi connectivity index (χ1n) is 8.58. The molecule has 2 aliphatic heterocycles. The van der Waals surface area contributed by atoms with Gasteiger partial charge in [0.15, 0.2) is 0 Å². The largest absolute Gasteiger partial charge is 0.371 e. The minimum absolute atomic E-state index is 0.0515. The first-order valence-corrected chi connectivity index (χ1v) is 8.58. The molecule has 3 aliphatic rings. The Morgan fingerprint density at radius 2 is 2.13 bits per heavy atom. The van der Waals surface area contributed by atoms with Crippen LogP contribution in [0.1, 0.15) is 24.8 Å². The maximum atomic E-state index is 13.8. The summed E-state index contributed by atoms with van der Waals surface area (Å²) in [5, 5.41) is 3.08. The summed E-state index contributed by atoms with van der Waals surface area (Å²) in [5.74, 6) is 0.616. The fourth-order valence-electron chi connectivity index (χ4n) is 3.71. The number of carbonyl (C=O) groups excluding carboxylic acids is 1. The number of amides is 1. The van der Waals surface area contributed by atoms with Crippen molar-refractivity contribution < 1.29 is 13.9 Å². The van der Waals surface area contributed by atoms with Crippen LogP contribution in [0, 0.1) is 17.7 Å². The van der Waals surface area contributed by atoms with E-state index in [2.05, 4.69) is 10.2 Å².